The predicted octanol–water partition coefficient (Wildman–Crippen LogP) is 1.28. The van der Waals surface area contributed by atoms with E-state index in [1.165, 1.54) is 0 Å². The Bertz CT molecular complexity index is 612. The summed E-state index contributed by atoms with van der Waals surface area (Å²) >= 11 is 0. The molecule has 2 aliphatic rings. The molecular formula is C18H27N3O4. The number of hydrogen-bond donors (Lipinski definition) is 2. The van der Waals surface area contributed by atoms with Crippen LogP contribution in [0.25, 0.3) is 0 Å². The Hall–Kier alpha value is -1.70. The molecule has 2 heterocycles. The van der Waals surface area contributed by atoms with Gasteiger partial charge in [-0.1, -0.05) is 0 Å². The number of carbonyl (C=O) groups is 1. The van der Waals surface area contributed by atoms with Gasteiger partial charge in [-0.3, -0.25) is 4.79 Å². The number of amides is 1. The summed E-state index contributed by atoms with van der Waals surface area (Å²) in [7, 11) is 3.50. The lowest BCUT2D eigenvalue weighted by molar-refractivity contribution is -0.0992. The maximum atomic E-state index is 13.2. The number of fused-ring (bicyclic) bond motifs is 1. The molecule has 7 nitrogen and oxygen atoms in total. The second-order valence-corrected chi connectivity index (χ2v) is 6.67. The quantitative estimate of drug-likeness (QED) is 0.805. The van der Waals surface area contributed by atoms with Gasteiger partial charge in [0.25, 0.3) is 5.91 Å². The molecule has 1 aromatic heterocycles. The minimum absolute atomic E-state index is 0.0143. The lowest BCUT2D eigenvalue weighted by Crippen LogP contribution is -2.53. The zero-order valence-electron chi connectivity index (χ0n) is 14.9. The van der Waals surface area contributed by atoms with E-state index in [0.717, 1.165) is 25.7 Å². The average Bonchev–Trinajstić information content (AvgIpc) is 3.05. The number of methoxy groups -OCH3 is 1. The summed E-state index contributed by atoms with van der Waals surface area (Å²) in [5, 5.41) is 12.0. The Kier molecular flexibility index (Phi) is 5.56. The molecule has 1 amide bonds. The number of nitrogens with zero attached hydrogens (tertiary/aromatic N) is 2. The van der Waals surface area contributed by atoms with Crippen LogP contribution in [0, 0.1) is 0 Å². The molecule has 3 atom stereocenters. The third-order valence-electron chi connectivity index (χ3n) is 5.52. The Morgan fingerprint density at radius 3 is 3.08 bits per heavy atom. The first kappa shape index (κ1) is 18.1. The van der Waals surface area contributed by atoms with Gasteiger partial charge in [-0.2, -0.15) is 0 Å². The molecule has 1 saturated carbocycles. The van der Waals surface area contributed by atoms with Crippen LogP contribution in [0.4, 0.5) is 5.82 Å². The van der Waals surface area contributed by atoms with Crippen molar-refractivity contribution in [1.29, 1.82) is 0 Å². The number of nitrogens with one attached hydrogen (secondary N) is 1. The zero-order chi connectivity index (χ0) is 17.9. The van der Waals surface area contributed by atoms with Gasteiger partial charge in [0.1, 0.15) is 5.82 Å². The van der Waals surface area contributed by atoms with Crippen molar-refractivity contribution in [2.45, 2.75) is 43.4 Å². The molecule has 7 heteroatoms. The highest BCUT2D eigenvalue weighted by Gasteiger charge is 2.53. The van der Waals surface area contributed by atoms with Crippen LogP contribution in [0.3, 0.4) is 0 Å². The summed E-state index contributed by atoms with van der Waals surface area (Å²) < 4.78 is 11.6. The third kappa shape index (κ3) is 3.36. The molecule has 138 valence electrons. The molecule has 2 fully saturated rings. The van der Waals surface area contributed by atoms with Crippen molar-refractivity contribution in [3.05, 3.63) is 23.9 Å². The van der Waals surface area contributed by atoms with Crippen LogP contribution >= 0.6 is 0 Å². The minimum Gasteiger partial charge on any atom is -0.394 e. The Morgan fingerprint density at radius 2 is 2.36 bits per heavy atom. The molecule has 0 aromatic carbocycles. The molecule has 0 unspecified atom stereocenters. The lowest BCUT2D eigenvalue weighted by Gasteiger charge is -2.43. The van der Waals surface area contributed by atoms with Crippen molar-refractivity contribution < 1.29 is 19.4 Å². The Morgan fingerprint density at radius 1 is 1.52 bits per heavy atom. The van der Waals surface area contributed by atoms with Gasteiger partial charge in [0.2, 0.25) is 0 Å². The van der Waals surface area contributed by atoms with E-state index in [-0.39, 0.29) is 30.3 Å². The molecule has 1 aliphatic carbocycles. The second-order valence-electron chi connectivity index (χ2n) is 6.67. The van der Waals surface area contributed by atoms with Crippen molar-refractivity contribution in [2.75, 3.05) is 39.2 Å². The van der Waals surface area contributed by atoms with Crippen molar-refractivity contribution >= 4 is 11.7 Å². The van der Waals surface area contributed by atoms with E-state index in [2.05, 4.69) is 10.3 Å². The summed E-state index contributed by atoms with van der Waals surface area (Å²) in [5.41, 5.74) is 0.284. The molecule has 25 heavy (non-hydrogen) atoms. The molecule has 0 bridgehead atoms. The summed E-state index contributed by atoms with van der Waals surface area (Å²) in [4.78, 5) is 19.3. The number of aliphatic hydroxyl groups excluding tert-OH is 1. The Balaban J connectivity index is 1.82. The summed E-state index contributed by atoms with van der Waals surface area (Å²) in [6, 6.07) is 3.56. The highest BCUT2D eigenvalue weighted by atomic mass is 16.5. The molecule has 3 rings (SSSR count). The highest BCUT2D eigenvalue weighted by Crippen LogP contribution is 2.43. The van der Waals surface area contributed by atoms with E-state index in [1.54, 1.807) is 32.5 Å². The van der Waals surface area contributed by atoms with Gasteiger partial charge in [-0.25, -0.2) is 4.98 Å². The number of carbonyl (C=O) groups excluding carboxylic acids is 1. The zero-order valence-corrected chi connectivity index (χ0v) is 14.9. The van der Waals surface area contributed by atoms with E-state index in [0.29, 0.717) is 24.5 Å². The number of ether oxygens (including phenoxy) is 2. The minimum atomic E-state index is -0.295. The lowest BCUT2D eigenvalue weighted by atomic mass is 9.79. The normalized spacial score (nSPS) is 28.7. The smallest absolute Gasteiger partial charge is 0.257 e. The van der Waals surface area contributed by atoms with Crippen LogP contribution < -0.4 is 5.32 Å². The predicted molar refractivity (Wildman–Crippen MR) is 93.6 cm³/mol. The molecule has 2 N–H and O–H groups in total. The fourth-order valence-electron chi connectivity index (χ4n) is 4.21. The van der Waals surface area contributed by atoms with Gasteiger partial charge in [0.05, 0.1) is 36.5 Å². The number of anilines is 1. The highest BCUT2D eigenvalue weighted by molar-refractivity contribution is 5.99. The van der Waals surface area contributed by atoms with Gasteiger partial charge >= 0.3 is 0 Å². The molecule has 1 saturated heterocycles. The largest absolute Gasteiger partial charge is 0.394 e. The molecule has 1 aliphatic heterocycles. The van der Waals surface area contributed by atoms with Crippen molar-refractivity contribution in [1.82, 2.24) is 9.88 Å². The first-order valence-electron chi connectivity index (χ1n) is 8.86. The van der Waals surface area contributed by atoms with E-state index >= 15 is 0 Å². The summed E-state index contributed by atoms with van der Waals surface area (Å²) in [6.07, 6.45) is 5.04. The molecule has 1 aromatic rings. The van der Waals surface area contributed by atoms with Crippen LogP contribution in [-0.4, -0.2) is 72.6 Å². The van der Waals surface area contributed by atoms with Crippen LogP contribution in [-0.2, 0) is 9.47 Å². The van der Waals surface area contributed by atoms with Crippen LogP contribution in [0.1, 0.15) is 36.0 Å². The fraction of sp³-hybridized carbons (Fsp3) is 0.667. The van der Waals surface area contributed by atoms with Crippen molar-refractivity contribution in [3.8, 4) is 0 Å². The number of hydrogen-bond acceptors (Lipinski definition) is 6. The third-order valence-corrected chi connectivity index (χ3v) is 5.52. The standard InChI is InChI=1S/C18H27N3O4/c1-19-16-14(4-3-8-20-16)17(23)21-9-7-18(24-2)6-5-13(12-15(18)21)25-11-10-22/h3-4,8,13,15,22H,5-7,9-12H2,1-2H3,(H,19,20)/t13-,15-,18+/m0/s1. The monoisotopic (exact) mass is 349 g/mol. The molecule has 0 spiro atoms. The van der Waals surface area contributed by atoms with E-state index in [4.69, 9.17) is 14.6 Å². The van der Waals surface area contributed by atoms with Gasteiger partial charge in [0.15, 0.2) is 0 Å². The molecular weight excluding hydrogens is 322 g/mol. The van der Waals surface area contributed by atoms with Gasteiger partial charge in [-0.05, 0) is 37.8 Å². The Labute approximate surface area is 148 Å². The maximum absolute atomic E-state index is 13.2. The number of pyridine rings is 1. The SMILES string of the molecule is CNc1ncccc1C(=O)N1CC[C@]2(OC)CC[C@H](OCCO)C[C@H]12. The van der Waals surface area contributed by atoms with Crippen LogP contribution in [0.5, 0.6) is 0 Å². The summed E-state index contributed by atoms with van der Waals surface area (Å²) in [6.45, 7) is 1.01. The van der Waals surface area contributed by atoms with Crippen LogP contribution in [0.2, 0.25) is 0 Å². The topological polar surface area (TPSA) is 83.9 Å². The van der Waals surface area contributed by atoms with Gasteiger partial charge in [0, 0.05) is 26.9 Å². The number of likely N-dealkylation sites (tertiary alicyclic amines) is 1. The second kappa shape index (κ2) is 7.68. The van der Waals surface area contributed by atoms with E-state index < -0.39 is 0 Å². The number of rotatable bonds is 6. The number of aliphatic hydroxyl groups is 1. The first-order valence-corrected chi connectivity index (χ1v) is 8.86. The van der Waals surface area contributed by atoms with E-state index in [1.807, 2.05) is 4.90 Å². The number of aromatic nitrogens is 1. The maximum Gasteiger partial charge on any atom is 0.257 e. The van der Waals surface area contributed by atoms with Crippen molar-refractivity contribution in [2.24, 2.45) is 0 Å². The average molecular weight is 349 g/mol. The fourth-order valence-corrected chi connectivity index (χ4v) is 4.21. The first-order chi connectivity index (χ1) is 12.1. The van der Waals surface area contributed by atoms with Gasteiger partial charge in [-0.15, -0.1) is 0 Å². The molecule has 0 radical (unpaired) electrons. The van der Waals surface area contributed by atoms with Gasteiger partial charge < -0.3 is 24.8 Å². The van der Waals surface area contributed by atoms with Crippen molar-refractivity contribution in [3.63, 3.8) is 0 Å². The summed E-state index contributed by atoms with van der Waals surface area (Å²) in [5.74, 6) is 0.565. The van der Waals surface area contributed by atoms with Crippen LogP contribution in [0.15, 0.2) is 18.3 Å². The van der Waals surface area contributed by atoms with E-state index in [9.17, 15) is 4.79 Å².